The number of nitrogens with two attached hydrogens (primary N) is 1. The first-order valence-corrected chi connectivity index (χ1v) is 7.91. The summed E-state index contributed by atoms with van der Waals surface area (Å²) in [4.78, 5) is 56.7. The number of carboxylic acid groups (broad SMARTS) is 2. The number of hydrogen-bond acceptors (Lipinski definition) is 7. The summed E-state index contributed by atoms with van der Waals surface area (Å²) in [6, 6.07) is -3.55. The minimum Gasteiger partial charge on any atom is -0.481 e. The zero-order valence-electron chi connectivity index (χ0n) is 13.5. The smallest absolute Gasteiger partial charge is 0.326 e. The summed E-state index contributed by atoms with van der Waals surface area (Å²) in [6.07, 6.45) is -0.760. The second kappa shape index (κ2) is 11.3. The third kappa shape index (κ3) is 8.91. The van der Waals surface area contributed by atoms with Crippen LogP contribution in [0.15, 0.2) is 0 Å². The molecular weight excluding hydrogens is 356 g/mol. The molecule has 0 saturated heterocycles. The van der Waals surface area contributed by atoms with Crippen molar-refractivity contribution in [2.75, 3.05) is 12.3 Å². The molecule has 0 rings (SSSR count). The van der Waals surface area contributed by atoms with E-state index in [2.05, 4.69) is 28.6 Å². The van der Waals surface area contributed by atoms with Gasteiger partial charge in [-0.3, -0.25) is 19.2 Å². The van der Waals surface area contributed by atoms with Crippen LogP contribution in [0.4, 0.5) is 0 Å². The van der Waals surface area contributed by atoms with Crippen molar-refractivity contribution >= 4 is 42.3 Å². The van der Waals surface area contributed by atoms with E-state index >= 15 is 0 Å². The highest BCUT2D eigenvalue weighted by Crippen LogP contribution is 2.00. The summed E-state index contributed by atoms with van der Waals surface area (Å²) < 4.78 is 0. The van der Waals surface area contributed by atoms with Crippen LogP contribution in [0.3, 0.4) is 0 Å². The van der Waals surface area contributed by atoms with Crippen molar-refractivity contribution in [3.8, 4) is 0 Å². The van der Waals surface area contributed by atoms with Gasteiger partial charge in [0, 0.05) is 12.2 Å². The van der Waals surface area contributed by atoms with Crippen LogP contribution >= 0.6 is 12.6 Å². The molecule has 0 aromatic rings. The zero-order chi connectivity index (χ0) is 19.6. The van der Waals surface area contributed by atoms with Gasteiger partial charge in [-0.1, -0.05) is 0 Å². The highest BCUT2D eigenvalue weighted by Gasteiger charge is 2.27. The van der Waals surface area contributed by atoms with Gasteiger partial charge in [-0.2, -0.15) is 12.6 Å². The Morgan fingerprint density at radius 3 is 2.00 bits per heavy atom. The molecule has 0 heterocycles. The van der Waals surface area contributed by atoms with Gasteiger partial charge in [0.25, 0.3) is 0 Å². The van der Waals surface area contributed by atoms with Gasteiger partial charge in [0.15, 0.2) is 0 Å². The fourth-order valence-corrected chi connectivity index (χ4v) is 1.91. The normalized spacial score (nSPS) is 13.9. The minimum absolute atomic E-state index is 0.138. The quantitative estimate of drug-likeness (QED) is 0.189. The van der Waals surface area contributed by atoms with Crippen LogP contribution in [0.25, 0.3) is 0 Å². The van der Waals surface area contributed by atoms with E-state index in [1.807, 2.05) is 0 Å². The van der Waals surface area contributed by atoms with Crippen LogP contribution in [0, 0.1) is 0 Å². The van der Waals surface area contributed by atoms with Crippen molar-refractivity contribution < 1.29 is 34.2 Å². The van der Waals surface area contributed by atoms with E-state index in [-0.39, 0.29) is 18.7 Å². The molecule has 142 valence electrons. The number of thiol groups is 1. The molecule has 12 heteroatoms. The second-order valence-electron chi connectivity index (χ2n) is 5.07. The fourth-order valence-electron chi connectivity index (χ4n) is 1.65. The highest BCUT2D eigenvalue weighted by atomic mass is 32.1. The van der Waals surface area contributed by atoms with Crippen molar-refractivity contribution in [2.24, 2.45) is 5.73 Å². The number of aliphatic carboxylic acids is 2. The van der Waals surface area contributed by atoms with Gasteiger partial charge in [-0.15, -0.1) is 0 Å². The summed E-state index contributed by atoms with van der Waals surface area (Å²) in [5.74, 6) is -4.83. The van der Waals surface area contributed by atoms with Crippen LogP contribution in [-0.4, -0.2) is 70.3 Å². The number of carboxylic acids is 2. The highest BCUT2D eigenvalue weighted by molar-refractivity contribution is 7.80. The first kappa shape index (κ1) is 22.7. The average molecular weight is 378 g/mol. The first-order valence-electron chi connectivity index (χ1n) is 7.28. The molecule has 0 saturated carbocycles. The Balaban J connectivity index is 4.77. The Hall–Kier alpha value is -2.34. The molecule has 0 bridgehead atoms. The lowest BCUT2D eigenvalue weighted by molar-refractivity contribution is -0.143. The molecule has 0 aliphatic rings. The monoisotopic (exact) mass is 378 g/mol. The number of rotatable bonds is 11. The van der Waals surface area contributed by atoms with Crippen LogP contribution in [-0.2, 0) is 24.0 Å². The van der Waals surface area contributed by atoms with Gasteiger partial charge in [-0.25, -0.2) is 4.79 Å². The van der Waals surface area contributed by atoms with E-state index < -0.39 is 54.2 Å². The molecule has 0 aromatic heterocycles. The molecule has 0 radical (unpaired) electrons. The predicted molar refractivity (Wildman–Crippen MR) is 88.9 cm³/mol. The lowest BCUT2D eigenvalue weighted by Gasteiger charge is -2.21. The van der Waals surface area contributed by atoms with Crippen molar-refractivity contribution in [3.05, 3.63) is 0 Å². The molecule has 0 spiro atoms. The maximum Gasteiger partial charge on any atom is 0.326 e. The molecule has 3 unspecified atom stereocenters. The Kier molecular flexibility index (Phi) is 10.2. The van der Waals surface area contributed by atoms with Gasteiger partial charge in [0.05, 0.1) is 6.54 Å². The van der Waals surface area contributed by atoms with Crippen LogP contribution in [0.1, 0.15) is 19.8 Å². The lowest BCUT2D eigenvalue weighted by Crippen LogP contribution is -2.56. The summed E-state index contributed by atoms with van der Waals surface area (Å²) in [7, 11) is 0. The van der Waals surface area contributed by atoms with E-state index in [1.54, 1.807) is 0 Å². The number of nitrogens with one attached hydrogen (secondary N) is 3. The Morgan fingerprint density at radius 2 is 1.56 bits per heavy atom. The standard InChI is InChI=1S/C13H22N4O7S/c1-6(15-9(18)4-14)11(21)17-8(5-25)12(22)16-7(13(23)24)2-3-10(19)20/h6-8,25H,2-5,14H2,1H3,(H,15,18)(H,16,22)(H,17,21)(H,19,20)(H,23,24). The van der Waals surface area contributed by atoms with Gasteiger partial charge in [-0.05, 0) is 13.3 Å². The lowest BCUT2D eigenvalue weighted by atomic mass is 10.1. The van der Waals surface area contributed by atoms with E-state index in [0.29, 0.717) is 0 Å². The molecule has 25 heavy (non-hydrogen) atoms. The second-order valence-corrected chi connectivity index (χ2v) is 5.43. The van der Waals surface area contributed by atoms with Gasteiger partial charge < -0.3 is 31.9 Å². The third-order valence-electron chi connectivity index (χ3n) is 3.03. The van der Waals surface area contributed by atoms with Gasteiger partial charge >= 0.3 is 11.9 Å². The number of amides is 3. The topological polar surface area (TPSA) is 188 Å². The van der Waals surface area contributed by atoms with E-state index in [9.17, 15) is 24.0 Å². The summed E-state index contributed by atoms with van der Waals surface area (Å²) in [5, 5.41) is 24.4. The van der Waals surface area contributed by atoms with E-state index in [0.717, 1.165) is 0 Å². The Morgan fingerprint density at radius 1 is 1.00 bits per heavy atom. The molecule has 3 amide bonds. The van der Waals surface area contributed by atoms with Crippen molar-refractivity contribution in [1.82, 2.24) is 16.0 Å². The van der Waals surface area contributed by atoms with Gasteiger partial charge in [0.2, 0.25) is 17.7 Å². The van der Waals surface area contributed by atoms with Crippen molar-refractivity contribution in [1.29, 1.82) is 0 Å². The minimum atomic E-state index is -1.42. The molecule has 0 aliphatic heterocycles. The first-order chi connectivity index (χ1) is 11.6. The summed E-state index contributed by atoms with van der Waals surface area (Å²) in [5.41, 5.74) is 5.11. The summed E-state index contributed by atoms with van der Waals surface area (Å²) in [6.45, 7) is 1.07. The van der Waals surface area contributed by atoms with Crippen LogP contribution in [0.2, 0.25) is 0 Å². The number of carbonyl (C=O) groups excluding carboxylic acids is 3. The zero-order valence-corrected chi connectivity index (χ0v) is 14.4. The Bertz CT molecular complexity index is 529. The van der Waals surface area contributed by atoms with Crippen molar-refractivity contribution in [2.45, 2.75) is 37.9 Å². The average Bonchev–Trinajstić information content (AvgIpc) is 2.54. The Labute approximate surface area is 149 Å². The number of carbonyl (C=O) groups is 5. The van der Waals surface area contributed by atoms with E-state index in [1.165, 1.54) is 6.92 Å². The largest absolute Gasteiger partial charge is 0.481 e. The molecule has 11 nitrogen and oxygen atoms in total. The molecule has 3 atom stereocenters. The van der Waals surface area contributed by atoms with Crippen LogP contribution in [0.5, 0.6) is 0 Å². The third-order valence-corrected chi connectivity index (χ3v) is 3.40. The van der Waals surface area contributed by atoms with Gasteiger partial charge in [0.1, 0.15) is 18.1 Å². The molecule has 0 aliphatic carbocycles. The maximum absolute atomic E-state index is 12.1. The summed E-state index contributed by atoms with van der Waals surface area (Å²) >= 11 is 3.92. The SMILES string of the molecule is CC(NC(=O)CN)C(=O)NC(CS)C(=O)NC(CCC(=O)O)C(=O)O. The predicted octanol–water partition coefficient (Wildman–Crippen LogP) is -2.70. The molecule has 0 fully saturated rings. The van der Waals surface area contributed by atoms with Crippen molar-refractivity contribution in [3.63, 3.8) is 0 Å². The van der Waals surface area contributed by atoms with Crippen LogP contribution < -0.4 is 21.7 Å². The molecular formula is C13H22N4O7S. The molecule has 0 aromatic carbocycles. The van der Waals surface area contributed by atoms with E-state index in [4.69, 9.17) is 15.9 Å². The maximum atomic E-state index is 12.1. The fraction of sp³-hybridized carbons (Fsp3) is 0.615. The number of hydrogen-bond donors (Lipinski definition) is 7. The molecule has 7 N–H and O–H groups in total.